The van der Waals surface area contributed by atoms with Gasteiger partial charge in [0, 0.05) is 42.0 Å². The van der Waals surface area contributed by atoms with Crippen LogP contribution in [-0.4, -0.2) is 61.4 Å². The summed E-state index contributed by atoms with van der Waals surface area (Å²) in [7, 11) is 0. The molecule has 0 aliphatic carbocycles. The molecule has 0 spiro atoms. The first-order chi connectivity index (χ1) is 18.4. The highest BCUT2D eigenvalue weighted by Crippen LogP contribution is 2.24. The lowest BCUT2D eigenvalue weighted by molar-refractivity contribution is -0.112. The van der Waals surface area contributed by atoms with Gasteiger partial charge in [0.05, 0.1) is 15.9 Å². The van der Waals surface area contributed by atoms with E-state index in [-0.39, 0.29) is 46.2 Å². The topological polar surface area (TPSA) is 235 Å². The minimum absolute atomic E-state index is 0.0156. The van der Waals surface area contributed by atoms with Crippen LogP contribution in [0.2, 0.25) is 0 Å². The lowest BCUT2D eigenvalue weighted by Gasteiger charge is -2.07. The summed E-state index contributed by atoms with van der Waals surface area (Å²) in [6, 6.07) is 0. The van der Waals surface area contributed by atoms with Crippen molar-refractivity contribution in [3.63, 3.8) is 0 Å². The van der Waals surface area contributed by atoms with Crippen molar-refractivity contribution in [1.82, 2.24) is 25.5 Å². The minimum atomic E-state index is -0.531. The highest BCUT2D eigenvalue weighted by Gasteiger charge is 2.22. The summed E-state index contributed by atoms with van der Waals surface area (Å²) >= 11 is 2.98. The van der Waals surface area contributed by atoms with Crippen LogP contribution in [0.4, 0.5) is 17.2 Å². The Kier molecular flexibility index (Phi) is 8.92. The van der Waals surface area contributed by atoms with E-state index >= 15 is 0 Å². The van der Waals surface area contributed by atoms with Gasteiger partial charge < -0.3 is 42.2 Å². The number of amidine groups is 1. The van der Waals surface area contributed by atoms with Gasteiger partial charge in [-0.3, -0.25) is 24.3 Å². The number of oxime groups is 1. The number of nitrogens with one attached hydrogen (secondary N) is 7. The molecule has 15 nitrogen and oxygen atoms in total. The Morgan fingerprint density at radius 2 is 1.49 bits per heavy atom. The third kappa shape index (κ3) is 6.53. The highest BCUT2D eigenvalue weighted by atomic mass is 79.9. The number of nitrogens with zero attached hydrogens (tertiary/aromatic N) is 2. The molecule has 0 aliphatic heterocycles. The van der Waals surface area contributed by atoms with Crippen molar-refractivity contribution in [2.45, 2.75) is 27.2 Å². The molecule has 206 valence electrons. The van der Waals surface area contributed by atoms with Crippen molar-refractivity contribution in [2.75, 3.05) is 22.5 Å². The van der Waals surface area contributed by atoms with E-state index in [1.807, 2.05) is 0 Å². The Labute approximate surface area is 230 Å². The van der Waals surface area contributed by atoms with Crippen molar-refractivity contribution >= 4 is 62.6 Å². The van der Waals surface area contributed by atoms with Crippen LogP contribution in [0.25, 0.3) is 0 Å². The first-order valence-corrected chi connectivity index (χ1v) is 12.2. The number of carbonyl (C=O) groups is 4. The number of nitrogens with two attached hydrogens (primary N) is 1. The molecular formula is C23H27BrN10O5. The number of carbonyl (C=O) groups excluding carboxylic acids is 4. The van der Waals surface area contributed by atoms with Crippen LogP contribution in [-0.2, 0) is 4.79 Å². The maximum absolute atomic E-state index is 12.9. The summed E-state index contributed by atoms with van der Waals surface area (Å²) in [6.45, 7) is 8.56. The molecule has 4 amide bonds. The van der Waals surface area contributed by atoms with Crippen molar-refractivity contribution in [3.8, 4) is 0 Å². The Morgan fingerprint density at radius 1 is 0.949 bits per heavy atom. The Morgan fingerprint density at radius 3 is 2.03 bits per heavy atom. The van der Waals surface area contributed by atoms with Gasteiger partial charge in [0.2, 0.25) is 0 Å². The van der Waals surface area contributed by atoms with Gasteiger partial charge in [-0.15, -0.1) is 0 Å². The number of aromatic amines is 3. The predicted octanol–water partition coefficient (Wildman–Crippen LogP) is 2.21. The summed E-state index contributed by atoms with van der Waals surface area (Å²) in [6.07, 6.45) is 3.12. The largest absolute Gasteiger partial charge is 0.409 e. The van der Waals surface area contributed by atoms with Crippen LogP contribution in [0.1, 0.15) is 54.6 Å². The molecule has 0 atom stereocenters. The number of halogens is 1. The molecule has 0 saturated carbocycles. The number of aromatic nitrogens is 4. The smallest absolute Gasteiger partial charge is 0.274 e. The fraction of sp³-hybridized carbons (Fsp3) is 0.217. The lowest BCUT2D eigenvalue weighted by atomic mass is 10.2. The monoisotopic (exact) mass is 602 g/mol. The van der Waals surface area contributed by atoms with Gasteiger partial charge in [0.25, 0.3) is 23.6 Å². The third-order valence-corrected chi connectivity index (χ3v) is 6.10. The van der Waals surface area contributed by atoms with E-state index in [1.54, 1.807) is 20.8 Å². The Balaban J connectivity index is 1.66. The van der Waals surface area contributed by atoms with Gasteiger partial charge in [0.1, 0.15) is 22.9 Å². The fourth-order valence-electron chi connectivity index (χ4n) is 3.45. The van der Waals surface area contributed by atoms with Crippen molar-refractivity contribution in [2.24, 2.45) is 10.9 Å². The van der Waals surface area contributed by atoms with Gasteiger partial charge in [-0.05, 0) is 36.7 Å². The molecular weight excluding hydrogens is 576 g/mol. The Hall–Kier alpha value is -4.86. The van der Waals surface area contributed by atoms with E-state index in [0.717, 1.165) is 0 Å². The molecule has 3 aromatic rings. The first-order valence-electron chi connectivity index (χ1n) is 11.4. The first kappa shape index (κ1) is 28.7. The molecule has 0 aromatic carbocycles. The number of hydrogen-bond donors (Lipinski definition) is 9. The van der Waals surface area contributed by atoms with Gasteiger partial charge in [-0.2, -0.15) is 5.10 Å². The van der Waals surface area contributed by atoms with E-state index < -0.39 is 23.6 Å². The number of anilines is 3. The minimum Gasteiger partial charge on any atom is -0.409 e. The second-order valence-corrected chi connectivity index (χ2v) is 9.30. The van der Waals surface area contributed by atoms with E-state index in [9.17, 15) is 19.2 Å². The van der Waals surface area contributed by atoms with Crippen molar-refractivity contribution < 1.29 is 24.4 Å². The molecule has 0 radical (unpaired) electrons. The van der Waals surface area contributed by atoms with Gasteiger partial charge in [-0.1, -0.05) is 11.7 Å². The average Bonchev–Trinajstić information content (AvgIpc) is 3.56. The highest BCUT2D eigenvalue weighted by molar-refractivity contribution is 9.12. The van der Waals surface area contributed by atoms with E-state index in [1.165, 1.54) is 12.4 Å². The number of hydrogen-bond acceptors (Lipinski definition) is 7. The second kappa shape index (κ2) is 12.1. The van der Waals surface area contributed by atoms with Gasteiger partial charge >= 0.3 is 0 Å². The zero-order chi connectivity index (χ0) is 28.9. The van der Waals surface area contributed by atoms with Gasteiger partial charge in [-0.25, -0.2) is 0 Å². The number of H-pyrrole nitrogens is 3. The average molecular weight is 603 g/mol. The maximum Gasteiger partial charge on any atom is 0.274 e. The summed E-state index contributed by atoms with van der Waals surface area (Å²) in [5, 5.41) is 28.5. The quantitative estimate of drug-likeness (QED) is 0.0550. The van der Waals surface area contributed by atoms with Crippen LogP contribution in [0, 0.1) is 20.8 Å². The Bertz CT molecular complexity index is 1480. The molecule has 3 heterocycles. The van der Waals surface area contributed by atoms with Crippen LogP contribution >= 0.6 is 15.9 Å². The molecule has 39 heavy (non-hydrogen) atoms. The molecule has 3 aromatic heterocycles. The standard InChI is InChI=1S/C23H27BrN10O5/c1-9-13(7-27-16(9)21(36)26-6-5-15(25)34-39)29-22(37)17-10(2)14(8-28-17)30-23(38)18-11(3)19(33-32-18)31-20(35)12(4)24/h7-8,27-28,39H,4-6H2,1-3H3,(H2,25,34)(H,26,36)(H,29,37)(H,30,38)(H2,31,32,33,35). The normalized spacial score (nSPS) is 11.1. The van der Waals surface area contributed by atoms with E-state index in [2.05, 4.69) is 69.1 Å². The predicted molar refractivity (Wildman–Crippen MR) is 147 cm³/mol. The third-order valence-electron chi connectivity index (χ3n) is 5.74. The van der Waals surface area contributed by atoms with E-state index in [4.69, 9.17) is 10.9 Å². The fourth-order valence-corrected chi connectivity index (χ4v) is 3.55. The summed E-state index contributed by atoms with van der Waals surface area (Å²) < 4.78 is 0.106. The molecule has 0 unspecified atom stereocenters. The molecule has 0 saturated heterocycles. The lowest BCUT2D eigenvalue weighted by Crippen LogP contribution is -2.28. The maximum atomic E-state index is 12.9. The second-order valence-electron chi connectivity index (χ2n) is 8.34. The number of rotatable bonds is 10. The molecule has 0 aliphatic rings. The summed E-state index contributed by atoms with van der Waals surface area (Å²) in [4.78, 5) is 55.7. The molecule has 3 rings (SSSR count). The van der Waals surface area contributed by atoms with Crippen LogP contribution in [0.3, 0.4) is 0 Å². The van der Waals surface area contributed by atoms with Crippen LogP contribution in [0.5, 0.6) is 0 Å². The van der Waals surface area contributed by atoms with Gasteiger partial charge in [0.15, 0.2) is 5.82 Å². The summed E-state index contributed by atoms with van der Waals surface area (Å²) in [5.41, 5.74) is 8.07. The zero-order valence-corrected chi connectivity index (χ0v) is 22.8. The van der Waals surface area contributed by atoms with E-state index in [0.29, 0.717) is 28.1 Å². The van der Waals surface area contributed by atoms with Crippen LogP contribution in [0.15, 0.2) is 28.6 Å². The molecule has 0 bridgehead atoms. The zero-order valence-electron chi connectivity index (χ0n) is 21.2. The molecule has 0 fully saturated rings. The molecule has 10 N–H and O–H groups in total. The summed E-state index contributed by atoms with van der Waals surface area (Å²) in [5.74, 6) is -1.79. The number of amides is 4. The SMILES string of the molecule is C=C(Br)C(=O)Nc1n[nH]c(C(=O)Nc2c[nH]c(C(=O)Nc3c[nH]c(C(=O)NCCC(N)=NO)c3C)c2C)c1C. The van der Waals surface area contributed by atoms with Crippen LogP contribution < -0.4 is 27.0 Å². The molecule has 16 heteroatoms. The van der Waals surface area contributed by atoms with Crippen molar-refractivity contribution in [1.29, 1.82) is 0 Å². The van der Waals surface area contributed by atoms with Crippen molar-refractivity contribution in [3.05, 3.63) is 57.2 Å².